The van der Waals surface area contributed by atoms with E-state index in [-0.39, 0.29) is 5.91 Å². The van der Waals surface area contributed by atoms with Gasteiger partial charge < -0.3 is 9.30 Å². The second kappa shape index (κ2) is 6.28. The highest BCUT2D eigenvalue weighted by molar-refractivity contribution is 6.01. The molecule has 2 aromatic rings. The Morgan fingerprint density at radius 3 is 2.96 bits per heavy atom. The number of hydrogen-bond acceptors (Lipinski definition) is 3. The van der Waals surface area contributed by atoms with Gasteiger partial charge in [-0.3, -0.25) is 4.79 Å². The number of nitrogens with one attached hydrogen (secondary N) is 1. The summed E-state index contributed by atoms with van der Waals surface area (Å²) in [6, 6.07) is 9.82. The molecule has 0 fully saturated rings. The molecule has 1 atom stereocenters. The Labute approximate surface area is 136 Å². The SMILES string of the molecule is Cc1cccc(O[C@H](C)C(=O)NN=C2CCn3cccc32)c1C. The molecule has 1 aromatic heterocycles. The molecular weight excluding hydrogens is 290 g/mol. The van der Waals surface area contributed by atoms with E-state index in [1.807, 2.05) is 50.4 Å². The quantitative estimate of drug-likeness (QED) is 0.883. The second-order valence-corrected chi connectivity index (χ2v) is 5.83. The molecule has 0 radical (unpaired) electrons. The minimum atomic E-state index is -0.604. The summed E-state index contributed by atoms with van der Waals surface area (Å²) in [5.41, 5.74) is 6.78. The molecule has 23 heavy (non-hydrogen) atoms. The summed E-state index contributed by atoms with van der Waals surface area (Å²) in [4.78, 5) is 12.2. The van der Waals surface area contributed by atoms with Crippen LogP contribution in [0.3, 0.4) is 0 Å². The van der Waals surface area contributed by atoms with E-state index in [4.69, 9.17) is 4.74 Å². The van der Waals surface area contributed by atoms with Gasteiger partial charge in [0.05, 0.1) is 11.4 Å². The van der Waals surface area contributed by atoms with E-state index in [1.54, 1.807) is 6.92 Å². The van der Waals surface area contributed by atoms with E-state index >= 15 is 0 Å². The number of aromatic nitrogens is 1. The third-order valence-corrected chi connectivity index (χ3v) is 4.24. The maximum atomic E-state index is 12.2. The molecule has 0 aliphatic carbocycles. The summed E-state index contributed by atoms with van der Waals surface area (Å²) in [7, 11) is 0. The molecule has 0 bridgehead atoms. The number of rotatable bonds is 4. The summed E-state index contributed by atoms with van der Waals surface area (Å²) < 4.78 is 7.90. The van der Waals surface area contributed by atoms with Crippen molar-refractivity contribution in [3.8, 4) is 5.75 Å². The van der Waals surface area contributed by atoms with E-state index in [0.29, 0.717) is 0 Å². The van der Waals surface area contributed by atoms with E-state index in [0.717, 1.165) is 41.2 Å². The van der Waals surface area contributed by atoms with Crippen molar-refractivity contribution >= 4 is 11.6 Å². The summed E-state index contributed by atoms with van der Waals surface area (Å²) in [6.07, 6.45) is 2.25. The number of hydrazone groups is 1. The lowest BCUT2D eigenvalue weighted by molar-refractivity contribution is -0.127. The number of aryl methyl sites for hydroxylation is 2. The van der Waals surface area contributed by atoms with Crippen LogP contribution in [-0.2, 0) is 11.3 Å². The van der Waals surface area contributed by atoms with Crippen LogP contribution in [0.4, 0.5) is 0 Å². The lowest BCUT2D eigenvalue weighted by Crippen LogP contribution is -2.34. The zero-order valence-corrected chi connectivity index (χ0v) is 13.7. The van der Waals surface area contributed by atoms with Crippen molar-refractivity contribution in [1.82, 2.24) is 9.99 Å². The van der Waals surface area contributed by atoms with Gasteiger partial charge >= 0.3 is 0 Å². The Morgan fingerprint density at radius 2 is 2.13 bits per heavy atom. The number of fused-ring (bicyclic) bond motifs is 1. The third kappa shape index (κ3) is 3.13. The Balaban J connectivity index is 1.64. The fraction of sp³-hybridized carbons (Fsp3) is 0.333. The summed E-state index contributed by atoms with van der Waals surface area (Å²) in [5.74, 6) is 0.485. The Hall–Kier alpha value is -2.56. The molecule has 1 amide bonds. The van der Waals surface area contributed by atoms with Crippen molar-refractivity contribution in [2.45, 2.75) is 39.8 Å². The number of benzene rings is 1. The number of carbonyl (C=O) groups is 1. The predicted molar refractivity (Wildman–Crippen MR) is 89.7 cm³/mol. The Morgan fingerprint density at radius 1 is 1.30 bits per heavy atom. The summed E-state index contributed by atoms with van der Waals surface area (Å²) >= 11 is 0. The summed E-state index contributed by atoms with van der Waals surface area (Å²) in [6.45, 7) is 6.65. The fourth-order valence-electron chi connectivity index (χ4n) is 2.65. The lowest BCUT2D eigenvalue weighted by atomic mass is 10.1. The second-order valence-electron chi connectivity index (χ2n) is 5.83. The number of ether oxygens (including phenoxy) is 1. The van der Waals surface area contributed by atoms with Gasteiger partial charge in [0.1, 0.15) is 5.75 Å². The van der Waals surface area contributed by atoms with Crippen LogP contribution in [0.15, 0.2) is 41.6 Å². The molecule has 1 aromatic carbocycles. The molecule has 120 valence electrons. The van der Waals surface area contributed by atoms with Crippen molar-refractivity contribution in [3.05, 3.63) is 53.3 Å². The summed E-state index contributed by atoms with van der Waals surface area (Å²) in [5, 5.41) is 4.26. The minimum Gasteiger partial charge on any atom is -0.481 e. The molecule has 1 aliphatic rings. The van der Waals surface area contributed by atoms with Gasteiger partial charge in [-0.1, -0.05) is 12.1 Å². The molecular formula is C18H21N3O2. The number of carbonyl (C=O) groups excluding carboxylic acids is 1. The van der Waals surface area contributed by atoms with Crippen molar-refractivity contribution in [3.63, 3.8) is 0 Å². The minimum absolute atomic E-state index is 0.247. The van der Waals surface area contributed by atoms with Crippen molar-refractivity contribution in [2.24, 2.45) is 5.10 Å². The van der Waals surface area contributed by atoms with Crippen LogP contribution in [0.1, 0.15) is 30.2 Å². The zero-order chi connectivity index (χ0) is 16.4. The first kappa shape index (κ1) is 15.3. The highest BCUT2D eigenvalue weighted by atomic mass is 16.5. The van der Waals surface area contributed by atoms with E-state index in [9.17, 15) is 4.79 Å². The molecule has 1 aliphatic heterocycles. The van der Waals surface area contributed by atoms with Crippen LogP contribution < -0.4 is 10.2 Å². The monoisotopic (exact) mass is 311 g/mol. The standard InChI is InChI=1S/C18H21N3O2/c1-12-6-4-8-17(13(12)2)23-14(3)18(22)20-19-15-9-11-21-10-5-7-16(15)21/h4-8,10,14H,9,11H2,1-3H3,(H,20,22)/t14-/m1/s1. The van der Waals surface area contributed by atoms with Gasteiger partial charge in [-0.25, -0.2) is 5.43 Å². The predicted octanol–water partition coefficient (Wildman–Crippen LogP) is 2.80. The number of amides is 1. The van der Waals surface area contributed by atoms with E-state index in [1.165, 1.54) is 0 Å². The molecule has 0 spiro atoms. The van der Waals surface area contributed by atoms with E-state index < -0.39 is 6.10 Å². The van der Waals surface area contributed by atoms with Gasteiger partial charge in [0, 0.05) is 19.2 Å². The van der Waals surface area contributed by atoms with Gasteiger partial charge in [0.2, 0.25) is 0 Å². The molecule has 2 heterocycles. The van der Waals surface area contributed by atoms with Crippen LogP contribution in [0.2, 0.25) is 0 Å². The maximum absolute atomic E-state index is 12.2. The molecule has 0 unspecified atom stereocenters. The average Bonchev–Trinajstić information content (AvgIpc) is 3.13. The topological polar surface area (TPSA) is 55.6 Å². The molecule has 1 N–H and O–H groups in total. The Bertz CT molecular complexity index is 761. The fourth-order valence-corrected chi connectivity index (χ4v) is 2.65. The van der Waals surface area contributed by atoms with Crippen LogP contribution in [0.25, 0.3) is 0 Å². The van der Waals surface area contributed by atoms with Crippen LogP contribution in [-0.4, -0.2) is 22.3 Å². The van der Waals surface area contributed by atoms with Crippen molar-refractivity contribution in [2.75, 3.05) is 0 Å². The molecule has 0 saturated heterocycles. The van der Waals surface area contributed by atoms with E-state index in [2.05, 4.69) is 15.1 Å². The largest absolute Gasteiger partial charge is 0.481 e. The normalized spacial score (nSPS) is 16.2. The first-order valence-corrected chi connectivity index (χ1v) is 7.81. The van der Waals surface area contributed by atoms with Crippen LogP contribution in [0, 0.1) is 13.8 Å². The lowest BCUT2D eigenvalue weighted by Gasteiger charge is -2.16. The third-order valence-electron chi connectivity index (χ3n) is 4.24. The van der Waals surface area contributed by atoms with Crippen molar-refractivity contribution in [1.29, 1.82) is 0 Å². The van der Waals surface area contributed by atoms with Crippen LogP contribution in [0.5, 0.6) is 5.75 Å². The number of hydrogen-bond donors (Lipinski definition) is 1. The smallest absolute Gasteiger partial charge is 0.280 e. The molecule has 0 saturated carbocycles. The molecule has 5 heteroatoms. The van der Waals surface area contributed by atoms with Gasteiger partial charge in [-0.05, 0) is 50.1 Å². The highest BCUT2D eigenvalue weighted by Crippen LogP contribution is 2.21. The van der Waals surface area contributed by atoms with Gasteiger partial charge in [-0.15, -0.1) is 0 Å². The van der Waals surface area contributed by atoms with Gasteiger partial charge in [0.25, 0.3) is 5.91 Å². The first-order chi connectivity index (χ1) is 11.1. The van der Waals surface area contributed by atoms with Crippen LogP contribution >= 0.6 is 0 Å². The maximum Gasteiger partial charge on any atom is 0.280 e. The molecule has 3 rings (SSSR count). The van der Waals surface area contributed by atoms with Gasteiger partial charge in [0.15, 0.2) is 6.10 Å². The van der Waals surface area contributed by atoms with Gasteiger partial charge in [-0.2, -0.15) is 5.10 Å². The molecule has 5 nitrogen and oxygen atoms in total. The highest BCUT2D eigenvalue weighted by Gasteiger charge is 2.19. The van der Waals surface area contributed by atoms with Crippen molar-refractivity contribution < 1.29 is 9.53 Å². The Kier molecular flexibility index (Phi) is 4.19. The number of nitrogens with zero attached hydrogens (tertiary/aromatic N) is 2. The zero-order valence-electron chi connectivity index (χ0n) is 13.7. The average molecular weight is 311 g/mol. The first-order valence-electron chi connectivity index (χ1n) is 7.81.